The van der Waals surface area contributed by atoms with Crippen molar-refractivity contribution in [1.82, 2.24) is 4.98 Å². The van der Waals surface area contributed by atoms with Crippen molar-refractivity contribution in [3.8, 4) is 17.2 Å². The Bertz CT molecular complexity index is 2020. The predicted molar refractivity (Wildman–Crippen MR) is 228 cm³/mol. The normalized spacial score (nSPS) is 23.9. The first-order valence-electron chi connectivity index (χ1n) is 20.5. The number of ether oxygens (including phenoxy) is 3. The summed E-state index contributed by atoms with van der Waals surface area (Å²) >= 11 is 1.84. The van der Waals surface area contributed by atoms with Crippen molar-refractivity contribution in [1.29, 1.82) is 0 Å². The molecule has 1 fully saturated rings. The number of oxime groups is 1. The highest BCUT2D eigenvalue weighted by Gasteiger charge is 2.64. The number of hydrogen-bond acceptors (Lipinski definition) is 10. The molecule has 2 aliphatic carbocycles. The molecule has 0 saturated heterocycles. The molecule has 0 spiro atoms. The lowest BCUT2D eigenvalue weighted by atomic mass is 9.56. The summed E-state index contributed by atoms with van der Waals surface area (Å²) in [6.07, 6.45) is 15.1. The van der Waals surface area contributed by atoms with Gasteiger partial charge in [0.15, 0.2) is 0 Å². The minimum absolute atomic E-state index is 0.0702. The molecule has 1 saturated carbocycles. The Morgan fingerprint density at radius 3 is 2.48 bits per heavy atom. The summed E-state index contributed by atoms with van der Waals surface area (Å²) in [6.45, 7) is 4.98. The summed E-state index contributed by atoms with van der Waals surface area (Å²) in [6, 6.07) is 27.4. The Morgan fingerprint density at radius 2 is 1.71 bits per heavy atom. The molecule has 3 aliphatic rings. The predicted octanol–water partition coefficient (Wildman–Crippen LogP) is 9.50. The second-order valence-electron chi connectivity index (χ2n) is 15.3. The Labute approximate surface area is 346 Å². The zero-order chi connectivity index (χ0) is 40.2. The Balaban J connectivity index is 1.36. The zero-order valence-electron chi connectivity index (χ0n) is 33.0. The van der Waals surface area contributed by atoms with Gasteiger partial charge >= 0.3 is 0 Å². The average molecular weight is 803 g/mol. The summed E-state index contributed by atoms with van der Waals surface area (Å²) < 4.78 is 20.8. The van der Waals surface area contributed by atoms with Gasteiger partial charge < -0.3 is 29.3 Å². The van der Waals surface area contributed by atoms with Gasteiger partial charge in [-0.3, -0.25) is 9.78 Å². The van der Waals surface area contributed by atoms with Crippen LogP contribution in [0.25, 0.3) is 0 Å². The number of fused-ring (bicyclic) bond motifs is 2. The molecular weight excluding hydrogens is 749 g/mol. The number of hydrogen-bond donors (Lipinski definition) is 2. The lowest BCUT2D eigenvalue weighted by Crippen LogP contribution is -2.64. The van der Waals surface area contributed by atoms with Gasteiger partial charge in [-0.15, -0.1) is 6.58 Å². The van der Waals surface area contributed by atoms with Gasteiger partial charge in [0.2, 0.25) is 5.79 Å². The number of carbonyl (C=O) groups excluding carboxylic acids is 1. The highest BCUT2D eigenvalue weighted by Crippen LogP contribution is 2.62. The van der Waals surface area contributed by atoms with Crippen molar-refractivity contribution in [3.05, 3.63) is 144 Å². The third-order valence-corrected chi connectivity index (χ3v) is 12.9. The van der Waals surface area contributed by atoms with Crippen molar-refractivity contribution < 1.29 is 34.1 Å². The lowest BCUT2D eigenvalue weighted by Gasteiger charge is -2.58. The second kappa shape index (κ2) is 20.3. The number of aryl methyl sites for hydroxylation is 1. The molecule has 1 aliphatic heterocycles. The summed E-state index contributed by atoms with van der Waals surface area (Å²) in [4.78, 5) is 22.0. The van der Waals surface area contributed by atoms with E-state index in [1.165, 1.54) is 5.56 Å². The number of unbranched alkanes of at least 4 members (excludes halogenated alkanes) is 2. The molecular formula is C48H54N2O7S. The van der Waals surface area contributed by atoms with E-state index in [4.69, 9.17) is 24.2 Å². The highest BCUT2D eigenvalue weighted by atomic mass is 32.2. The molecule has 304 valence electrons. The van der Waals surface area contributed by atoms with E-state index in [1.807, 2.05) is 78.8 Å². The number of nitrogens with zero attached hydrogens (tertiary/aromatic N) is 2. The molecule has 0 unspecified atom stereocenters. The molecule has 3 aromatic carbocycles. The summed E-state index contributed by atoms with van der Waals surface area (Å²) in [5, 5.41) is 24.6. The van der Waals surface area contributed by atoms with Crippen LogP contribution in [0.3, 0.4) is 0 Å². The maximum atomic E-state index is 11.6. The molecule has 10 heteroatoms. The average Bonchev–Trinajstić information content (AvgIpc) is 3.25. The Kier molecular flexibility index (Phi) is 14.5. The van der Waals surface area contributed by atoms with Gasteiger partial charge in [-0.05, 0) is 109 Å². The third-order valence-electron chi connectivity index (χ3n) is 11.6. The number of allylic oxidation sites excluding steroid dienone is 1. The maximum Gasteiger partial charge on any atom is 0.230 e. The van der Waals surface area contributed by atoms with Crippen LogP contribution in [-0.2, 0) is 22.6 Å². The first-order valence-corrected chi connectivity index (χ1v) is 21.6. The number of aliphatic hydroxyl groups excluding tert-OH is 2. The van der Waals surface area contributed by atoms with Crippen LogP contribution in [-0.4, -0.2) is 63.8 Å². The smallest absolute Gasteiger partial charge is 0.230 e. The van der Waals surface area contributed by atoms with Crippen molar-refractivity contribution in [2.75, 3.05) is 25.6 Å². The number of benzene rings is 3. The minimum Gasteiger partial charge on any atom is -0.460 e. The molecule has 4 aromatic rings. The number of rotatable bonds is 21. The molecule has 1 aromatic heterocycles. The van der Waals surface area contributed by atoms with E-state index < -0.39 is 5.79 Å². The monoisotopic (exact) mass is 802 g/mol. The fourth-order valence-electron chi connectivity index (χ4n) is 8.95. The molecule has 58 heavy (non-hydrogen) atoms. The third kappa shape index (κ3) is 9.58. The van der Waals surface area contributed by atoms with Crippen molar-refractivity contribution in [3.63, 3.8) is 0 Å². The van der Waals surface area contributed by atoms with Crippen LogP contribution in [0.2, 0.25) is 0 Å². The molecule has 0 radical (unpaired) electrons. The topological polar surface area (TPSA) is 120 Å². The number of carbonyl (C=O) groups is 1. The molecule has 2 N–H and O–H groups in total. The van der Waals surface area contributed by atoms with Gasteiger partial charge in [0, 0.05) is 49.1 Å². The molecule has 0 bridgehead atoms. The lowest BCUT2D eigenvalue weighted by molar-refractivity contribution is -0.223. The van der Waals surface area contributed by atoms with Crippen LogP contribution in [0.15, 0.2) is 127 Å². The minimum atomic E-state index is -1.06. The molecule has 6 atom stereocenters. The van der Waals surface area contributed by atoms with Crippen LogP contribution < -0.4 is 9.47 Å². The van der Waals surface area contributed by atoms with Crippen molar-refractivity contribution in [2.24, 2.45) is 22.9 Å². The fraction of sp³-hybridized carbons (Fsp3) is 0.396. The van der Waals surface area contributed by atoms with Crippen molar-refractivity contribution >= 4 is 23.8 Å². The van der Waals surface area contributed by atoms with Crippen LogP contribution in [0.1, 0.15) is 77.9 Å². The van der Waals surface area contributed by atoms with E-state index in [2.05, 4.69) is 35.8 Å². The van der Waals surface area contributed by atoms with E-state index in [9.17, 15) is 15.0 Å². The van der Waals surface area contributed by atoms with Gasteiger partial charge in [0.1, 0.15) is 30.1 Å². The maximum absolute atomic E-state index is 11.6. The first kappa shape index (κ1) is 41.4. The Hall–Kier alpha value is -4.74. The van der Waals surface area contributed by atoms with Gasteiger partial charge in [-0.25, -0.2) is 0 Å². The van der Waals surface area contributed by atoms with Crippen molar-refractivity contribution in [2.45, 2.75) is 74.9 Å². The largest absolute Gasteiger partial charge is 0.460 e. The number of aliphatic hydroxyl groups is 2. The fourth-order valence-corrected chi connectivity index (χ4v) is 10.4. The summed E-state index contributed by atoms with van der Waals surface area (Å²) in [5.74, 6) is 1.73. The summed E-state index contributed by atoms with van der Waals surface area (Å²) in [7, 11) is 0. The van der Waals surface area contributed by atoms with Gasteiger partial charge in [0.05, 0.1) is 23.5 Å². The highest BCUT2D eigenvalue weighted by molar-refractivity contribution is 8.00. The van der Waals surface area contributed by atoms with E-state index in [-0.39, 0.29) is 42.1 Å². The van der Waals surface area contributed by atoms with E-state index >= 15 is 0 Å². The standard InChI is InChI=1S/C48H54N2O7S/c1-2-26-54-48-45(58-27-21-34-19-22-49-23-20-34)31-43(50-55-33-35-11-4-3-5-12-35)41-29-37(14-6-8-24-51)40(16-7-9-25-52)46(47(41)48)42-30-39(17-18-44(42)57-48)56-38-15-10-13-36(28-38)32-53/h2-5,10-13,15,17-20,22-23,28-30,32,37,40,45-47,51-52H,1,6-9,14,16,21,24-27,31,33H2/t37-,40+,45-,46+,47+,48+/m0/s1. The number of aldehydes is 1. The molecule has 9 nitrogen and oxygen atoms in total. The SMILES string of the molecule is C=CCO[C@@]12Oc3ccc(Oc4cccc(C=O)c4)cc3[C@H]3[C@H](CCCCO)[C@@H](CCCCO)C=C(C(=NOCc4ccccc4)C[C@@H]1SCCc1ccncc1)[C@H]32. The summed E-state index contributed by atoms with van der Waals surface area (Å²) in [5.41, 5.74) is 5.80. The van der Waals surface area contributed by atoms with Crippen LogP contribution in [0, 0.1) is 17.8 Å². The second-order valence-corrected chi connectivity index (χ2v) is 16.6. The van der Waals surface area contributed by atoms with E-state index in [0.717, 1.165) is 78.7 Å². The quantitative estimate of drug-likeness (QED) is 0.0368. The first-order chi connectivity index (χ1) is 28.6. The van der Waals surface area contributed by atoms with Crippen LogP contribution in [0.4, 0.5) is 0 Å². The van der Waals surface area contributed by atoms with Gasteiger partial charge in [-0.1, -0.05) is 72.6 Å². The van der Waals surface area contributed by atoms with E-state index in [1.54, 1.807) is 18.2 Å². The molecule has 2 heterocycles. The van der Waals surface area contributed by atoms with Gasteiger partial charge in [-0.2, -0.15) is 11.8 Å². The van der Waals surface area contributed by atoms with Gasteiger partial charge in [0.25, 0.3) is 0 Å². The molecule has 0 amide bonds. The van der Waals surface area contributed by atoms with Crippen LogP contribution >= 0.6 is 11.8 Å². The van der Waals surface area contributed by atoms with E-state index in [0.29, 0.717) is 43.1 Å². The van der Waals surface area contributed by atoms with Crippen LogP contribution in [0.5, 0.6) is 17.2 Å². The molecule has 7 rings (SSSR count). The zero-order valence-corrected chi connectivity index (χ0v) is 33.8. The Morgan fingerprint density at radius 1 is 0.914 bits per heavy atom. The number of thioether (sulfide) groups is 1. The number of pyridine rings is 1. The number of aromatic nitrogens is 1.